The fourth-order valence-corrected chi connectivity index (χ4v) is 2.95. The van der Waals surface area contributed by atoms with E-state index in [0.717, 1.165) is 12.0 Å². The number of benzene rings is 2. The third-order valence-corrected chi connectivity index (χ3v) is 4.66. The molecule has 2 rings (SSSR count). The highest BCUT2D eigenvalue weighted by Gasteiger charge is 2.30. The second-order valence-corrected chi connectivity index (χ2v) is 6.83. The van der Waals surface area contributed by atoms with E-state index in [1.165, 1.54) is 12.0 Å². The van der Waals surface area contributed by atoms with Gasteiger partial charge in [0, 0.05) is 13.0 Å². The third kappa shape index (κ3) is 6.62. The number of unbranched alkanes of at least 4 members (excludes halogenated alkanes) is 1. The normalized spacial score (nSPS) is 11.4. The van der Waals surface area contributed by atoms with E-state index in [2.05, 4.69) is 4.74 Å². The van der Waals surface area contributed by atoms with Crippen LogP contribution in [0.4, 0.5) is 4.79 Å². The first-order valence-electron chi connectivity index (χ1n) is 9.83. The number of hydrogen-bond acceptors (Lipinski definition) is 5. The zero-order valence-electron chi connectivity index (χ0n) is 17.2. The van der Waals surface area contributed by atoms with Crippen molar-refractivity contribution in [3.63, 3.8) is 0 Å². The monoisotopic (exact) mass is 413 g/mol. The number of carboxylic acids is 1. The van der Waals surface area contributed by atoms with E-state index >= 15 is 0 Å². The molecule has 0 radical (unpaired) electrons. The van der Waals surface area contributed by atoms with Gasteiger partial charge in [-0.05, 0) is 29.7 Å². The number of aliphatic carboxylic acids is 1. The number of hydrogen-bond donors (Lipinski definition) is 1. The van der Waals surface area contributed by atoms with Crippen molar-refractivity contribution in [2.45, 2.75) is 38.8 Å². The molecule has 2 aromatic carbocycles. The maximum Gasteiger partial charge on any atom is 0.410 e. The zero-order chi connectivity index (χ0) is 21.9. The highest BCUT2D eigenvalue weighted by molar-refractivity contribution is 5.89. The minimum absolute atomic E-state index is 0.0719. The lowest BCUT2D eigenvalue weighted by atomic mass is 10.0. The summed E-state index contributed by atoms with van der Waals surface area (Å²) in [4.78, 5) is 37.5. The molecule has 2 aromatic rings. The maximum atomic E-state index is 12.7. The van der Waals surface area contributed by atoms with Crippen LogP contribution in [0.25, 0.3) is 0 Å². The second kappa shape index (κ2) is 11.6. The van der Waals surface area contributed by atoms with Crippen LogP contribution in [-0.4, -0.2) is 47.7 Å². The number of carboxylic acid groups (broad SMARTS) is 1. The van der Waals surface area contributed by atoms with Crippen LogP contribution in [0.1, 0.15) is 41.3 Å². The molecule has 160 valence electrons. The van der Waals surface area contributed by atoms with Gasteiger partial charge in [-0.3, -0.25) is 4.90 Å². The molecule has 0 spiro atoms. The van der Waals surface area contributed by atoms with E-state index in [-0.39, 0.29) is 19.6 Å². The molecule has 0 saturated carbocycles. The number of methoxy groups -OCH3 is 1. The lowest BCUT2D eigenvalue weighted by molar-refractivity contribution is -0.142. The van der Waals surface area contributed by atoms with Crippen LogP contribution in [0, 0.1) is 0 Å². The number of ether oxygens (including phenoxy) is 2. The van der Waals surface area contributed by atoms with Gasteiger partial charge >= 0.3 is 18.0 Å². The third-order valence-electron chi connectivity index (χ3n) is 4.66. The molecule has 0 heterocycles. The van der Waals surface area contributed by atoms with Crippen LogP contribution in [0.2, 0.25) is 0 Å². The van der Waals surface area contributed by atoms with Gasteiger partial charge in [0.25, 0.3) is 0 Å². The quantitative estimate of drug-likeness (QED) is 0.594. The van der Waals surface area contributed by atoms with Crippen molar-refractivity contribution in [2.24, 2.45) is 0 Å². The van der Waals surface area contributed by atoms with Crippen LogP contribution < -0.4 is 0 Å². The molecule has 0 aliphatic heterocycles. The average molecular weight is 413 g/mol. The van der Waals surface area contributed by atoms with E-state index in [1.54, 1.807) is 24.3 Å². The van der Waals surface area contributed by atoms with Gasteiger partial charge in [0.1, 0.15) is 12.6 Å². The van der Waals surface area contributed by atoms with Gasteiger partial charge in [-0.1, -0.05) is 55.8 Å². The summed E-state index contributed by atoms with van der Waals surface area (Å²) in [7, 11) is 1.30. The number of amides is 1. The van der Waals surface area contributed by atoms with Crippen LogP contribution in [0.5, 0.6) is 0 Å². The number of nitrogens with zero attached hydrogens (tertiary/aromatic N) is 1. The summed E-state index contributed by atoms with van der Waals surface area (Å²) in [6.45, 7) is 2.32. The standard InChI is InChI=1S/C23H27NO6/c1-3-4-14-24(23(28)30-16-18-8-6-5-7-9-18)20(21(25)26)15-17-10-12-19(13-11-17)22(27)29-2/h5-13,20H,3-4,14-16H2,1-2H3,(H,25,26)/t20-/m0/s1. The van der Waals surface area contributed by atoms with Crippen LogP contribution >= 0.6 is 0 Å². The predicted molar refractivity (Wildman–Crippen MR) is 111 cm³/mol. The summed E-state index contributed by atoms with van der Waals surface area (Å²) in [5.74, 6) is -1.58. The smallest absolute Gasteiger partial charge is 0.410 e. The van der Waals surface area contributed by atoms with Crippen LogP contribution in [0.15, 0.2) is 54.6 Å². The van der Waals surface area contributed by atoms with Crippen molar-refractivity contribution in [3.8, 4) is 0 Å². The average Bonchev–Trinajstić information content (AvgIpc) is 2.77. The molecule has 0 fully saturated rings. The fourth-order valence-electron chi connectivity index (χ4n) is 2.95. The number of carbonyl (C=O) groups excluding carboxylic acids is 2. The molecule has 0 unspecified atom stereocenters. The Balaban J connectivity index is 2.14. The molecule has 1 atom stereocenters. The highest BCUT2D eigenvalue weighted by atomic mass is 16.6. The maximum absolute atomic E-state index is 12.7. The Morgan fingerprint density at radius 2 is 1.67 bits per heavy atom. The van der Waals surface area contributed by atoms with Gasteiger partial charge in [-0.15, -0.1) is 0 Å². The van der Waals surface area contributed by atoms with E-state index in [0.29, 0.717) is 17.5 Å². The summed E-state index contributed by atoms with van der Waals surface area (Å²) < 4.78 is 10.1. The Bertz CT molecular complexity index is 835. The van der Waals surface area contributed by atoms with Crippen molar-refractivity contribution >= 4 is 18.0 Å². The van der Waals surface area contributed by atoms with Gasteiger partial charge in [-0.25, -0.2) is 14.4 Å². The zero-order valence-corrected chi connectivity index (χ0v) is 17.2. The van der Waals surface area contributed by atoms with Gasteiger partial charge in [-0.2, -0.15) is 0 Å². The molecular formula is C23H27NO6. The molecule has 30 heavy (non-hydrogen) atoms. The second-order valence-electron chi connectivity index (χ2n) is 6.83. The van der Waals surface area contributed by atoms with Crippen molar-refractivity contribution in [3.05, 3.63) is 71.3 Å². The molecule has 0 saturated heterocycles. The molecule has 1 N–H and O–H groups in total. The Kier molecular flexibility index (Phi) is 8.87. The van der Waals surface area contributed by atoms with Gasteiger partial charge in [0.2, 0.25) is 0 Å². The molecule has 7 nitrogen and oxygen atoms in total. The molecule has 0 bridgehead atoms. The molecular weight excluding hydrogens is 386 g/mol. The summed E-state index contributed by atoms with van der Waals surface area (Å²) in [5, 5.41) is 9.80. The minimum Gasteiger partial charge on any atom is -0.480 e. The minimum atomic E-state index is -1.11. The number of esters is 1. The van der Waals surface area contributed by atoms with E-state index in [9.17, 15) is 19.5 Å². The summed E-state index contributed by atoms with van der Waals surface area (Å²) >= 11 is 0. The molecule has 7 heteroatoms. The predicted octanol–water partition coefficient (Wildman–Crippen LogP) is 3.91. The van der Waals surface area contributed by atoms with E-state index in [4.69, 9.17) is 4.74 Å². The first kappa shape index (κ1) is 22.9. The lowest BCUT2D eigenvalue weighted by Crippen LogP contribution is -2.47. The Labute approximate surface area is 176 Å². The van der Waals surface area contributed by atoms with Crippen molar-refractivity contribution in [2.75, 3.05) is 13.7 Å². The molecule has 1 amide bonds. The highest BCUT2D eigenvalue weighted by Crippen LogP contribution is 2.15. The first-order chi connectivity index (χ1) is 14.5. The van der Waals surface area contributed by atoms with Crippen molar-refractivity contribution < 1.29 is 29.0 Å². The summed E-state index contributed by atoms with van der Waals surface area (Å²) in [6, 6.07) is 14.6. The van der Waals surface area contributed by atoms with Crippen molar-refractivity contribution in [1.82, 2.24) is 4.90 Å². The van der Waals surface area contributed by atoms with E-state index < -0.39 is 24.1 Å². The number of carbonyl (C=O) groups is 3. The Hall–Kier alpha value is -3.35. The van der Waals surface area contributed by atoms with E-state index in [1.807, 2.05) is 37.3 Å². The summed E-state index contributed by atoms with van der Waals surface area (Å²) in [5.41, 5.74) is 1.89. The van der Waals surface area contributed by atoms with Crippen LogP contribution in [-0.2, 0) is 27.3 Å². The lowest BCUT2D eigenvalue weighted by Gasteiger charge is -2.28. The molecule has 0 aliphatic carbocycles. The molecule has 0 aromatic heterocycles. The Morgan fingerprint density at radius 3 is 2.23 bits per heavy atom. The van der Waals surface area contributed by atoms with Crippen LogP contribution in [0.3, 0.4) is 0 Å². The number of rotatable bonds is 10. The SMILES string of the molecule is CCCCN(C(=O)OCc1ccccc1)[C@@H](Cc1ccc(C(=O)OC)cc1)C(=O)O. The fraction of sp³-hybridized carbons (Fsp3) is 0.348. The van der Waals surface area contributed by atoms with Gasteiger partial charge in [0.05, 0.1) is 12.7 Å². The summed E-state index contributed by atoms with van der Waals surface area (Å²) in [6.07, 6.45) is 0.903. The van der Waals surface area contributed by atoms with Gasteiger partial charge in [0.15, 0.2) is 0 Å². The van der Waals surface area contributed by atoms with Crippen molar-refractivity contribution in [1.29, 1.82) is 0 Å². The topological polar surface area (TPSA) is 93.1 Å². The first-order valence-corrected chi connectivity index (χ1v) is 9.83. The Morgan fingerprint density at radius 1 is 1.00 bits per heavy atom. The van der Waals surface area contributed by atoms with Gasteiger partial charge < -0.3 is 14.6 Å². The molecule has 0 aliphatic rings. The largest absolute Gasteiger partial charge is 0.480 e.